The highest BCUT2D eigenvalue weighted by Gasteiger charge is 2.35. The van der Waals surface area contributed by atoms with E-state index in [-0.39, 0.29) is 0 Å². The molecular formula is C17H34N2O. The average Bonchev–Trinajstić information content (AvgIpc) is 2.88. The van der Waals surface area contributed by atoms with Crippen LogP contribution in [0.4, 0.5) is 0 Å². The maximum atomic E-state index is 5.72. The van der Waals surface area contributed by atoms with Gasteiger partial charge in [-0.2, -0.15) is 0 Å². The topological polar surface area (TPSA) is 24.5 Å². The van der Waals surface area contributed by atoms with E-state index >= 15 is 0 Å². The third-order valence-electron chi connectivity index (χ3n) is 5.01. The van der Waals surface area contributed by atoms with Gasteiger partial charge in [0.15, 0.2) is 0 Å². The quantitative estimate of drug-likeness (QED) is 0.693. The van der Waals surface area contributed by atoms with Gasteiger partial charge in [0.25, 0.3) is 0 Å². The molecule has 1 atom stereocenters. The molecule has 0 spiro atoms. The lowest BCUT2D eigenvalue weighted by atomic mass is 9.85. The summed E-state index contributed by atoms with van der Waals surface area (Å²) in [4.78, 5) is 2.58. The molecule has 2 aliphatic rings. The fraction of sp³-hybridized carbons (Fsp3) is 1.00. The lowest BCUT2D eigenvalue weighted by Gasteiger charge is -2.35. The van der Waals surface area contributed by atoms with Crippen molar-refractivity contribution in [3.63, 3.8) is 0 Å². The van der Waals surface area contributed by atoms with Crippen molar-refractivity contribution in [3.8, 4) is 0 Å². The molecule has 1 heterocycles. The first-order valence-corrected chi connectivity index (χ1v) is 8.71. The Bertz CT molecular complexity index is 258. The highest BCUT2D eigenvalue weighted by Crippen LogP contribution is 2.30. The van der Waals surface area contributed by atoms with E-state index in [2.05, 4.69) is 24.2 Å². The van der Waals surface area contributed by atoms with Gasteiger partial charge in [-0.3, -0.25) is 0 Å². The third-order valence-corrected chi connectivity index (χ3v) is 5.01. The fourth-order valence-electron chi connectivity index (χ4n) is 3.95. The smallest absolute Gasteiger partial charge is 0.0547 e. The molecule has 1 N–H and O–H groups in total. The molecule has 1 aliphatic heterocycles. The van der Waals surface area contributed by atoms with Gasteiger partial charge in [-0.15, -0.1) is 0 Å². The van der Waals surface area contributed by atoms with Crippen molar-refractivity contribution >= 4 is 0 Å². The van der Waals surface area contributed by atoms with Crippen molar-refractivity contribution in [1.82, 2.24) is 10.2 Å². The summed E-state index contributed by atoms with van der Waals surface area (Å²) in [5.41, 5.74) is 0.360. The predicted octanol–water partition coefficient (Wildman–Crippen LogP) is 2.90. The van der Waals surface area contributed by atoms with Gasteiger partial charge in [0.05, 0.1) is 6.61 Å². The van der Waals surface area contributed by atoms with E-state index in [9.17, 15) is 0 Å². The summed E-state index contributed by atoms with van der Waals surface area (Å²) in [7, 11) is 2.31. The van der Waals surface area contributed by atoms with Crippen molar-refractivity contribution in [3.05, 3.63) is 0 Å². The van der Waals surface area contributed by atoms with Gasteiger partial charge in [0.1, 0.15) is 0 Å². The van der Waals surface area contributed by atoms with Crippen LogP contribution in [0.2, 0.25) is 0 Å². The molecule has 1 saturated carbocycles. The summed E-state index contributed by atoms with van der Waals surface area (Å²) in [6.07, 6.45) is 9.69. The molecule has 2 fully saturated rings. The van der Waals surface area contributed by atoms with E-state index in [1.54, 1.807) is 0 Å². The van der Waals surface area contributed by atoms with Crippen LogP contribution in [0.5, 0.6) is 0 Å². The first kappa shape index (κ1) is 16.3. The highest BCUT2D eigenvalue weighted by atomic mass is 16.5. The Labute approximate surface area is 125 Å². The predicted molar refractivity (Wildman–Crippen MR) is 85.1 cm³/mol. The second kappa shape index (κ2) is 8.35. The largest absolute Gasteiger partial charge is 0.381 e. The SMILES string of the molecule is CCCNCC1(CN(C)CC2CCCCC2)CCOC1. The maximum Gasteiger partial charge on any atom is 0.0547 e. The summed E-state index contributed by atoms with van der Waals surface area (Å²) in [5, 5.41) is 3.62. The molecule has 0 aromatic heterocycles. The van der Waals surface area contributed by atoms with Gasteiger partial charge in [-0.25, -0.2) is 0 Å². The van der Waals surface area contributed by atoms with E-state index in [4.69, 9.17) is 4.74 Å². The van der Waals surface area contributed by atoms with Crippen LogP contribution in [-0.2, 0) is 4.74 Å². The van der Waals surface area contributed by atoms with Gasteiger partial charge in [-0.05, 0) is 45.2 Å². The first-order valence-electron chi connectivity index (χ1n) is 8.71. The van der Waals surface area contributed by atoms with Gasteiger partial charge < -0.3 is 15.0 Å². The number of ether oxygens (including phenoxy) is 1. The minimum Gasteiger partial charge on any atom is -0.381 e. The standard InChI is InChI=1S/C17H34N2O/c1-3-10-18-13-17(9-11-20-15-17)14-19(2)12-16-7-5-4-6-8-16/h16,18H,3-15H2,1-2H3. The molecule has 0 bridgehead atoms. The van der Waals surface area contributed by atoms with E-state index in [1.165, 1.54) is 58.0 Å². The van der Waals surface area contributed by atoms with E-state index in [0.29, 0.717) is 5.41 Å². The number of nitrogens with one attached hydrogen (secondary N) is 1. The molecule has 0 amide bonds. The van der Waals surface area contributed by atoms with E-state index in [0.717, 1.165) is 32.2 Å². The van der Waals surface area contributed by atoms with Crippen molar-refractivity contribution in [2.75, 3.05) is 46.4 Å². The minimum atomic E-state index is 0.360. The Morgan fingerprint density at radius 1 is 1.25 bits per heavy atom. The van der Waals surface area contributed by atoms with Gasteiger partial charge in [0.2, 0.25) is 0 Å². The Hall–Kier alpha value is -0.120. The molecule has 2 rings (SSSR count). The van der Waals surface area contributed by atoms with Crippen LogP contribution in [0, 0.1) is 11.3 Å². The zero-order valence-electron chi connectivity index (χ0n) is 13.6. The van der Waals surface area contributed by atoms with E-state index in [1.807, 2.05) is 0 Å². The number of hydrogen-bond donors (Lipinski definition) is 1. The van der Waals surface area contributed by atoms with Crippen LogP contribution < -0.4 is 5.32 Å². The van der Waals surface area contributed by atoms with Crippen molar-refractivity contribution < 1.29 is 4.74 Å². The van der Waals surface area contributed by atoms with Gasteiger partial charge >= 0.3 is 0 Å². The van der Waals surface area contributed by atoms with Crippen LogP contribution >= 0.6 is 0 Å². The summed E-state index contributed by atoms with van der Waals surface area (Å²) in [6, 6.07) is 0. The summed E-state index contributed by atoms with van der Waals surface area (Å²) < 4.78 is 5.72. The highest BCUT2D eigenvalue weighted by molar-refractivity contribution is 4.88. The lowest BCUT2D eigenvalue weighted by molar-refractivity contribution is 0.108. The molecule has 0 radical (unpaired) electrons. The number of rotatable bonds is 8. The Morgan fingerprint density at radius 3 is 2.70 bits per heavy atom. The molecule has 118 valence electrons. The molecule has 0 aromatic rings. The second-order valence-corrected chi connectivity index (χ2v) is 7.18. The molecule has 0 aromatic carbocycles. The van der Waals surface area contributed by atoms with Crippen LogP contribution in [-0.4, -0.2) is 51.3 Å². The third kappa shape index (κ3) is 5.01. The molecule has 3 nitrogen and oxygen atoms in total. The first-order chi connectivity index (χ1) is 9.74. The zero-order valence-corrected chi connectivity index (χ0v) is 13.6. The molecule has 3 heteroatoms. The monoisotopic (exact) mass is 282 g/mol. The minimum absolute atomic E-state index is 0.360. The summed E-state index contributed by atoms with van der Waals surface area (Å²) in [6.45, 7) is 8.86. The molecule has 1 unspecified atom stereocenters. The molecular weight excluding hydrogens is 248 g/mol. The summed E-state index contributed by atoms with van der Waals surface area (Å²) in [5.74, 6) is 0.941. The average molecular weight is 282 g/mol. The molecule has 20 heavy (non-hydrogen) atoms. The van der Waals surface area contributed by atoms with Crippen molar-refractivity contribution in [2.24, 2.45) is 11.3 Å². The Morgan fingerprint density at radius 2 is 2.05 bits per heavy atom. The van der Waals surface area contributed by atoms with E-state index < -0.39 is 0 Å². The van der Waals surface area contributed by atoms with Crippen molar-refractivity contribution in [2.45, 2.75) is 51.9 Å². The normalized spacial score (nSPS) is 28.4. The Balaban J connectivity index is 1.77. The van der Waals surface area contributed by atoms with Crippen LogP contribution in [0.1, 0.15) is 51.9 Å². The number of nitrogens with zero attached hydrogens (tertiary/aromatic N) is 1. The van der Waals surface area contributed by atoms with Gasteiger partial charge in [0, 0.05) is 31.7 Å². The fourth-order valence-corrected chi connectivity index (χ4v) is 3.95. The van der Waals surface area contributed by atoms with Crippen molar-refractivity contribution in [1.29, 1.82) is 0 Å². The van der Waals surface area contributed by atoms with Crippen LogP contribution in [0.15, 0.2) is 0 Å². The molecule has 1 saturated heterocycles. The number of hydrogen-bond acceptors (Lipinski definition) is 3. The van der Waals surface area contributed by atoms with Crippen LogP contribution in [0.3, 0.4) is 0 Å². The Kier molecular flexibility index (Phi) is 6.79. The maximum absolute atomic E-state index is 5.72. The summed E-state index contributed by atoms with van der Waals surface area (Å²) >= 11 is 0. The van der Waals surface area contributed by atoms with Crippen LogP contribution in [0.25, 0.3) is 0 Å². The zero-order chi connectivity index (χ0) is 14.3. The molecule has 1 aliphatic carbocycles. The second-order valence-electron chi connectivity index (χ2n) is 7.18. The van der Waals surface area contributed by atoms with Gasteiger partial charge in [-0.1, -0.05) is 26.2 Å². The lowest BCUT2D eigenvalue weighted by Crippen LogP contribution is -2.45.